The van der Waals surface area contributed by atoms with Crippen molar-refractivity contribution in [2.24, 2.45) is 29.1 Å². The van der Waals surface area contributed by atoms with Crippen LogP contribution < -0.4 is 0 Å². The predicted molar refractivity (Wildman–Crippen MR) is 105 cm³/mol. The molecule has 0 bridgehead atoms. The zero-order valence-corrected chi connectivity index (χ0v) is 16.2. The third-order valence-corrected chi connectivity index (χ3v) is 8.61. The van der Waals surface area contributed by atoms with E-state index in [1.165, 1.54) is 6.42 Å². The molecule has 4 rings (SSSR count). The lowest BCUT2D eigenvalue weighted by molar-refractivity contribution is -0.0727. The molecule has 0 aromatic heterocycles. The summed E-state index contributed by atoms with van der Waals surface area (Å²) in [5, 5.41) is 21.5. The van der Waals surface area contributed by atoms with Gasteiger partial charge in [0.05, 0.1) is 6.10 Å². The van der Waals surface area contributed by atoms with Crippen molar-refractivity contribution in [1.29, 1.82) is 0 Å². The Labute approximate surface area is 158 Å². The van der Waals surface area contributed by atoms with Crippen LogP contribution in [0.25, 0.3) is 0 Å². The van der Waals surface area contributed by atoms with Crippen molar-refractivity contribution in [3.8, 4) is 12.3 Å². The number of hydrogen-bond donors (Lipinski definition) is 2. The van der Waals surface area contributed by atoms with E-state index >= 15 is 0 Å². The van der Waals surface area contributed by atoms with Crippen molar-refractivity contribution in [1.82, 2.24) is 0 Å². The summed E-state index contributed by atoms with van der Waals surface area (Å²) in [6.07, 6.45) is 18.0. The van der Waals surface area contributed by atoms with E-state index in [0.717, 1.165) is 57.8 Å². The van der Waals surface area contributed by atoms with E-state index < -0.39 is 5.60 Å². The molecule has 0 aromatic carbocycles. The molecule has 4 aliphatic rings. The Morgan fingerprint density at radius 3 is 2.85 bits per heavy atom. The maximum absolute atomic E-state index is 11.1. The van der Waals surface area contributed by atoms with Crippen LogP contribution in [-0.2, 0) is 0 Å². The summed E-state index contributed by atoms with van der Waals surface area (Å²) in [4.78, 5) is 0. The average molecular weight is 355 g/mol. The number of allylic oxidation sites excluding steroid dienone is 2. The molecule has 0 amide bonds. The number of fused-ring (bicyclic) bond motifs is 4. The van der Waals surface area contributed by atoms with Gasteiger partial charge in [-0.25, -0.2) is 0 Å². The highest BCUT2D eigenvalue weighted by atomic mass is 16.3. The van der Waals surface area contributed by atoms with E-state index in [-0.39, 0.29) is 11.5 Å². The maximum Gasteiger partial charge on any atom is 0.130 e. The standard InChI is InChI=1S/C24H34O2/c1-4-6-7-16-14-18(25)15-17-8-9-19-20(22(16)17)10-12-23(3)21(19)11-13-24(23,26)5-2/h2,4,16,18-21,25-26H,1,6-15H2,3H3/t16?,18?,19-,20+,21+,23+,24-/m1/s1. The lowest BCUT2D eigenvalue weighted by Crippen LogP contribution is -2.51. The first-order valence-corrected chi connectivity index (χ1v) is 10.6. The minimum Gasteiger partial charge on any atom is -0.393 e. The predicted octanol–water partition coefficient (Wildman–Crippen LogP) is 4.62. The molecule has 2 heteroatoms. The van der Waals surface area contributed by atoms with Crippen molar-refractivity contribution in [3.05, 3.63) is 23.8 Å². The zero-order chi connectivity index (χ0) is 18.5. The van der Waals surface area contributed by atoms with E-state index in [2.05, 4.69) is 19.4 Å². The number of rotatable bonds is 3. The van der Waals surface area contributed by atoms with Gasteiger partial charge in [-0.15, -0.1) is 13.0 Å². The summed E-state index contributed by atoms with van der Waals surface area (Å²) < 4.78 is 0. The first-order valence-electron chi connectivity index (χ1n) is 10.6. The van der Waals surface area contributed by atoms with Crippen LogP contribution in [-0.4, -0.2) is 21.9 Å². The zero-order valence-electron chi connectivity index (χ0n) is 16.2. The van der Waals surface area contributed by atoms with Gasteiger partial charge in [-0.3, -0.25) is 0 Å². The van der Waals surface area contributed by atoms with Gasteiger partial charge in [0.1, 0.15) is 5.60 Å². The third-order valence-electron chi connectivity index (χ3n) is 8.61. The van der Waals surface area contributed by atoms with E-state index in [1.54, 1.807) is 11.1 Å². The molecule has 0 aliphatic heterocycles. The molecule has 2 nitrogen and oxygen atoms in total. The SMILES string of the molecule is C#C[C@@]1(O)CC[C@H]2[C@@H]3CCC4=C(C(CCC=C)CC(O)C4)[C@H]3CC[C@@]21C. The molecule has 2 N–H and O–H groups in total. The van der Waals surface area contributed by atoms with Crippen LogP contribution >= 0.6 is 0 Å². The largest absolute Gasteiger partial charge is 0.393 e. The lowest BCUT2D eigenvalue weighted by Gasteiger charge is -2.54. The summed E-state index contributed by atoms with van der Waals surface area (Å²) in [5.41, 5.74) is 2.23. The molecule has 0 radical (unpaired) electrons. The summed E-state index contributed by atoms with van der Waals surface area (Å²) in [6, 6.07) is 0. The topological polar surface area (TPSA) is 40.5 Å². The van der Waals surface area contributed by atoms with Crippen LogP contribution in [0.1, 0.15) is 71.1 Å². The molecule has 2 saturated carbocycles. The van der Waals surface area contributed by atoms with Gasteiger partial charge in [-0.1, -0.05) is 30.1 Å². The highest BCUT2D eigenvalue weighted by Gasteiger charge is 2.61. The van der Waals surface area contributed by atoms with Crippen LogP contribution in [0.5, 0.6) is 0 Å². The van der Waals surface area contributed by atoms with Gasteiger partial charge < -0.3 is 10.2 Å². The van der Waals surface area contributed by atoms with Crippen molar-refractivity contribution >= 4 is 0 Å². The van der Waals surface area contributed by atoms with Crippen molar-refractivity contribution < 1.29 is 10.2 Å². The highest BCUT2D eigenvalue weighted by molar-refractivity contribution is 5.31. The van der Waals surface area contributed by atoms with Gasteiger partial charge >= 0.3 is 0 Å². The second-order valence-electron chi connectivity index (χ2n) is 9.63. The smallest absolute Gasteiger partial charge is 0.130 e. The van der Waals surface area contributed by atoms with E-state index in [0.29, 0.717) is 23.7 Å². The minimum atomic E-state index is -0.914. The van der Waals surface area contributed by atoms with Crippen LogP contribution in [0.3, 0.4) is 0 Å². The molecule has 7 atom stereocenters. The Morgan fingerprint density at radius 1 is 1.31 bits per heavy atom. The number of hydrogen-bond acceptors (Lipinski definition) is 2. The molecule has 26 heavy (non-hydrogen) atoms. The average Bonchev–Trinajstić information content (AvgIpc) is 2.91. The summed E-state index contributed by atoms with van der Waals surface area (Å²) in [7, 11) is 0. The normalized spacial score (nSPS) is 47.5. The first-order chi connectivity index (χ1) is 12.4. The molecule has 2 fully saturated rings. The fourth-order valence-corrected chi connectivity index (χ4v) is 7.30. The molecule has 2 unspecified atom stereocenters. The van der Waals surface area contributed by atoms with Crippen molar-refractivity contribution in [2.45, 2.75) is 82.8 Å². The summed E-state index contributed by atoms with van der Waals surface area (Å²) in [5.74, 6) is 5.16. The fourth-order valence-electron chi connectivity index (χ4n) is 7.30. The first kappa shape index (κ1) is 18.3. The molecule has 0 spiro atoms. The number of aliphatic hydroxyl groups excluding tert-OH is 1. The van der Waals surface area contributed by atoms with Crippen LogP contribution in [0, 0.1) is 41.4 Å². The molecular formula is C24H34O2. The van der Waals surface area contributed by atoms with E-state index in [4.69, 9.17) is 6.42 Å². The highest BCUT2D eigenvalue weighted by Crippen LogP contribution is 2.64. The Balaban J connectivity index is 1.65. The van der Waals surface area contributed by atoms with E-state index in [1.807, 2.05) is 6.08 Å². The van der Waals surface area contributed by atoms with Gasteiger partial charge in [0.15, 0.2) is 0 Å². The second-order valence-corrected chi connectivity index (χ2v) is 9.63. The summed E-state index contributed by atoms with van der Waals surface area (Å²) in [6.45, 7) is 6.16. The quantitative estimate of drug-likeness (QED) is 0.573. The molecular weight excluding hydrogens is 320 g/mol. The number of terminal acetylenes is 1. The summed E-state index contributed by atoms with van der Waals surface area (Å²) >= 11 is 0. The molecule has 142 valence electrons. The number of aliphatic hydroxyl groups is 2. The lowest BCUT2D eigenvalue weighted by atomic mass is 9.51. The Kier molecular flexibility index (Phi) is 4.61. The Hall–Kier alpha value is -1.04. The molecule has 0 saturated heterocycles. The van der Waals surface area contributed by atoms with Gasteiger partial charge in [-0.2, -0.15) is 0 Å². The van der Waals surface area contributed by atoms with Crippen molar-refractivity contribution in [2.75, 3.05) is 0 Å². The third kappa shape index (κ3) is 2.54. The molecule has 0 heterocycles. The van der Waals surface area contributed by atoms with Crippen LogP contribution in [0.4, 0.5) is 0 Å². The van der Waals surface area contributed by atoms with E-state index in [9.17, 15) is 10.2 Å². The van der Waals surface area contributed by atoms with Gasteiger partial charge in [0.25, 0.3) is 0 Å². The van der Waals surface area contributed by atoms with Gasteiger partial charge in [-0.05, 0) is 87.9 Å². The molecule has 4 aliphatic carbocycles. The maximum atomic E-state index is 11.1. The molecule has 0 aromatic rings. The van der Waals surface area contributed by atoms with Gasteiger partial charge in [0.2, 0.25) is 0 Å². The minimum absolute atomic E-state index is 0.119. The van der Waals surface area contributed by atoms with Crippen LogP contribution in [0.15, 0.2) is 23.8 Å². The fraction of sp³-hybridized carbons (Fsp3) is 0.750. The monoisotopic (exact) mass is 354 g/mol. The van der Waals surface area contributed by atoms with Crippen LogP contribution in [0.2, 0.25) is 0 Å². The second kappa shape index (κ2) is 6.54. The Bertz CT molecular complexity index is 656. The van der Waals surface area contributed by atoms with Crippen molar-refractivity contribution in [3.63, 3.8) is 0 Å². The van der Waals surface area contributed by atoms with Gasteiger partial charge in [0, 0.05) is 5.41 Å². The Morgan fingerprint density at radius 2 is 2.12 bits per heavy atom.